The maximum Gasteiger partial charge on any atom is 0.340 e. The predicted octanol–water partition coefficient (Wildman–Crippen LogP) is 2.91. The van der Waals surface area contributed by atoms with Gasteiger partial charge in [0.2, 0.25) is 11.8 Å². The Morgan fingerprint density at radius 1 is 1.00 bits per heavy atom. The number of methoxy groups -OCH3 is 1. The molecule has 2 N–H and O–H groups in total. The highest BCUT2D eigenvalue weighted by atomic mass is 16.5. The first-order chi connectivity index (χ1) is 14.0. The van der Waals surface area contributed by atoms with Crippen LogP contribution in [0.1, 0.15) is 35.7 Å². The number of rotatable bonds is 8. The summed E-state index contributed by atoms with van der Waals surface area (Å²) in [6.07, 6.45) is 0.913. The van der Waals surface area contributed by atoms with Crippen LogP contribution in [0.15, 0.2) is 48.5 Å². The smallest absolute Gasteiger partial charge is 0.340 e. The molecule has 7 heteroatoms. The number of hydrogen-bond acceptors (Lipinski definition) is 5. The molecule has 29 heavy (non-hydrogen) atoms. The van der Waals surface area contributed by atoms with Crippen molar-refractivity contribution >= 4 is 23.5 Å². The number of nitrogens with one attached hydrogen (secondary N) is 2. The summed E-state index contributed by atoms with van der Waals surface area (Å²) < 4.78 is 10.3. The minimum absolute atomic E-state index is 0.233. The molecule has 0 spiro atoms. The molecule has 0 unspecified atom stereocenters. The summed E-state index contributed by atoms with van der Waals surface area (Å²) >= 11 is 0. The van der Waals surface area contributed by atoms with Gasteiger partial charge in [-0.2, -0.15) is 0 Å². The molecule has 3 rings (SSSR count). The molecule has 152 valence electrons. The van der Waals surface area contributed by atoms with E-state index in [1.807, 2.05) is 24.3 Å². The van der Waals surface area contributed by atoms with Crippen molar-refractivity contribution in [2.24, 2.45) is 5.41 Å². The lowest BCUT2D eigenvalue weighted by Crippen LogP contribution is -2.40. The first kappa shape index (κ1) is 20.4. The van der Waals surface area contributed by atoms with Crippen LogP contribution in [0.5, 0.6) is 5.75 Å². The lowest BCUT2D eigenvalue weighted by atomic mass is 10.0. The van der Waals surface area contributed by atoms with E-state index in [0.717, 1.165) is 5.56 Å². The van der Waals surface area contributed by atoms with Crippen LogP contribution in [0, 0.1) is 5.41 Å². The molecule has 1 fully saturated rings. The van der Waals surface area contributed by atoms with Gasteiger partial charge >= 0.3 is 5.97 Å². The van der Waals surface area contributed by atoms with Gasteiger partial charge in [-0.05, 0) is 38.0 Å². The Hall–Kier alpha value is -3.35. The monoisotopic (exact) mass is 396 g/mol. The van der Waals surface area contributed by atoms with Crippen molar-refractivity contribution < 1.29 is 23.9 Å². The van der Waals surface area contributed by atoms with E-state index in [-0.39, 0.29) is 24.6 Å². The summed E-state index contributed by atoms with van der Waals surface area (Å²) in [7, 11) is 1.57. The van der Waals surface area contributed by atoms with Crippen LogP contribution in [0.2, 0.25) is 0 Å². The van der Waals surface area contributed by atoms with Crippen LogP contribution in [0.4, 0.5) is 5.69 Å². The molecule has 1 aliphatic rings. The third-order valence-corrected chi connectivity index (χ3v) is 4.92. The summed E-state index contributed by atoms with van der Waals surface area (Å²) in [6, 6.07) is 14.0. The van der Waals surface area contributed by atoms with Gasteiger partial charge < -0.3 is 20.1 Å². The molecule has 2 aromatic carbocycles. The highest BCUT2D eigenvalue weighted by Crippen LogP contribution is 2.47. The van der Waals surface area contributed by atoms with Gasteiger partial charge in [-0.3, -0.25) is 9.59 Å². The molecule has 0 aliphatic heterocycles. The lowest BCUT2D eigenvalue weighted by Gasteiger charge is -2.17. The molecule has 2 amide bonds. The Balaban J connectivity index is 1.68. The average molecular weight is 396 g/mol. The standard InChI is InChI=1S/C22H24N2O5/c1-3-29-19(25)16-9-5-6-10-17(16)24-21(27)22(12-13-22)20(26)23-14-15-8-4-7-11-18(15)28-2/h4-11H,3,12-14H2,1-2H3,(H,23,26)(H,24,27). The number of hydrogen-bond donors (Lipinski definition) is 2. The third-order valence-electron chi connectivity index (χ3n) is 4.92. The second-order valence-electron chi connectivity index (χ2n) is 6.80. The first-order valence-corrected chi connectivity index (χ1v) is 9.49. The van der Waals surface area contributed by atoms with Crippen molar-refractivity contribution in [2.45, 2.75) is 26.3 Å². The fourth-order valence-corrected chi connectivity index (χ4v) is 3.10. The van der Waals surface area contributed by atoms with Crippen molar-refractivity contribution in [3.05, 3.63) is 59.7 Å². The van der Waals surface area contributed by atoms with Crippen LogP contribution in [0.25, 0.3) is 0 Å². The zero-order valence-corrected chi connectivity index (χ0v) is 16.5. The van der Waals surface area contributed by atoms with E-state index in [0.29, 0.717) is 24.3 Å². The quantitative estimate of drug-likeness (QED) is 0.529. The minimum atomic E-state index is -1.12. The molecule has 1 saturated carbocycles. The molecular weight excluding hydrogens is 372 g/mol. The van der Waals surface area contributed by atoms with Gasteiger partial charge in [-0.15, -0.1) is 0 Å². The zero-order chi connectivity index (χ0) is 20.9. The van der Waals surface area contributed by atoms with E-state index in [1.54, 1.807) is 38.3 Å². The largest absolute Gasteiger partial charge is 0.496 e. The number of benzene rings is 2. The number of amides is 2. The van der Waals surface area contributed by atoms with Crippen LogP contribution < -0.4 is 15.4 Å². The van der Waals surface area contributed by atoms with Gasteiger partial charge in [-0.1, -0.05) is 30.3 Å². The number of carbonyl (C=O) groups excluding carboxylic acids is 3. The SMILES string of the molecule is CCOC(=O)c1ccccc1NC(=O)C1(C(=O)NCc2ccccc2OC)CC1. The molecule has 0 bridgehead atoms. The van der Waals surface area contributed by atoms with Gasteiger partial charge in [0.05, 0.1) is 25.0 Å². The van der Waals surface area contributed by atoms with Crippen molar-refractivity contribution in [1.82, 2.24) is 5.32 Å². The highest BCUT2D eigenvalue weighted by Gasteiger charge is 2.56. The van der Waals surface area contributed by atoms with E-state index >= 15 is 0 Å². The maximum absolute atomic E-state index is 12.9. The molecule has 0 heterocycles. The van der Waals surface area contributed by atoms with Crippen LogP contribution in [-0.2, 0) is 20.9 Å². The van der Waals surface area contributed by atoms with Gasteiger partial charge in [0.1, 0.15) is 11.2 Å². The van der Waals surface area contributed by atoms with E-state index in [9.17, 15) is 14.4 Å². The Morgan fingerprint density at radius 2 is 1.69 bits per heavy atom. The van der Waals surface area contributed by atoms with Crippen LogP contribution >= 0.6 is 0 Å². The minimum Gasteiger partial charge on any atom is -0.496 e. The molecule has 0 saturated heterocycles. The molecule has 0 radical (unpaired) electrons. The van der Waals surface area contributed by atoms with Crippen molar-refractivity contribution in [1.29, 1.82) is 0 Å². The van der Waals surface area contributed by atoms with Gasteiger partial charge in [0.25, 0.3) is 0 Å². The maximum atomic E-state index is 12.9. The first-order valence-electron chi connectivity index (χ1n) is 9.49. The number of carbonyl (C=O) groups is 3. The fraction of sp³-hybridized carbons (Fsp3) is 0.318. The summed E-state index contributed by atoms with van der Waals surface area (Å²) in [5.74, 6) is -0.611. The summed E-state index contributed by atoms with van der Waals surface area (Å²) in [5.41, 5.74) is 0.295. The number of ether oxygens (including phenoxy) is 2. The fourth-order valence-electron chi connectivity index (χ4n) is 3.10. The second-order valence-corrected chi connectivity index (χ2v) is 6.80. The predicted molar refractivity (Wildman–Crippen MR) is 108 cm³/mol. The number of anilines is 1. The Bertz CT molecular complexity index is 921. The molecular formula is C22H24N2O5. The summed E-state index contributed by atoms with van der Waals surface area (Å²) in [4.78, 5) is 37.7. The van der Waals surface area contributed by atoms with Crippen molar-refractivity contribution in [3.63, 3.8) is 0 Å². The van der Waals surface area contributed by atoms with Gasteiger partial charge in [-0.25, -0.2) is 4.79 Å². The normalized spacial score (nSPS) is 13.9. The molecule has 2 aromatic rings. The zero-order valence-electron chi connectivity index (χ0n) is 16.5. The molecule has 7 nitrogen and oxygen atoms in total. The molecule has 1 aliphatic carbocycles. The number of para-hydroxylation sites is 2. The average Bonchev–Trinajstić information content (AvgIpc) is 3.55. The van der Waals surface area contributed by atoms with E-state index in [2.05, 4.69) is 10.6 Å². The van der Waals surface area contributed by atoms with E-state index in [1.165, 1.54) is 0 Å². The van der Waals surface area contributed by atoms with Gasteiger partial charge in [0, 0.05) is 12.1 Å². The second kappa shape index (κ2) is 8.77. The van der Waals surface area contributed by atoms with E-state index in [4.69, 9.17) is 9.47 Å². The Morgan fingerprint density at radius 3 is 2.38 bits per heavy atom. The molecule has 0 aromatic heterocycles. The van der Waals surface area contributed by atoms with Crippen molar-refractivity contribution in [2.75, 3.05) is 19.0 Å². The Kier molecular flexibility index (Phi) is 6.16. The van der Waals surface area contributed by atoms with Crippen LogP contribution in [-0.4, -0.2) is 31.5 Å². The highest BCUT2D eigenvalue weighted by molar-refractivity contribution is 6.14. The number of esters is 1. The Labute approximate surface area is 169 Å². The lowest BCUT2D eigenvalue weighted by molar-refractivity contribution is -0.134. The third kappa shape index (κ3) is 4.39. The molecule has 0 atom stereocenters. The van der Waals surface area contributed by atoms with E-state index < -0.39 is 17.3 Å². The van der Waals surface area contributed by atoms with Crippen LogP contribution in [0.3, 0.4) is 0 Å². The summed E-state index contributed by atoms with van der Waals surface area (Å²) in [5, 5.41) is 5.56. The van der Waals surface area contributed by atoms with Gasteiger partial charge in [0.15, 0.2) is 0 Å². The summed E-state index contributed by atoms with van der Waals surface area (Å²) in [6.45, 7) is 2.21. The van der Waals surface area contributed by atoms with Crippen molar-refractivity contribution in [3.8, 4) is 5.75 Å². The topological polar surface area (TPSA) is 93.7 Å².